The molecule has 2 rings (SSSR count). The van der Waals surface area contributed by atoms with Crippen LogP contribution >= 0.6 is 0 Å². The van der Waals surface area contributed by atoms with Gasteiger partial charge in [0.15, 0.2) is 12.4 Å². The smallest absolute Gasteiger partial charge is 0.343 e. The van der Waals surface area contributed by atoms with Crippen LogP contribution in [0.15, 0.2) is 46.3 Å². The number of methoxy groups -OCH3 is 2. The number of carbonyl (C=O) groups is 2. The molecule has 1 aliphatic rings. The van der Waals surface area contributed by atoms with Crippen LogP contribution in [0, 0.1) is 0 Å². The number of hydrogen-bond acceptors (Lipinski definition) is 7. The number of benzene rings is 1. The molecule has 1 aromatic carbocycles. The molecule has 0 saturated carbocycles. The lowest BCUT2D eigenvalue weighted by Crippen LogP contribution is -2.12. The predicted octanol–water partition coefficient (Wildman–Crippen LogP) is 2.04. The van der Waals surface area contributed by atoms with E-state index in [0.717, 1.165) is 5.56 Å². The molecule has 0 saturated heterocycles. The third-order valence-electron chi connectivity index (χ3n) is 3.29. The minimum atomic E-state index is -0.635. The molecule has 7 nitrogen and oxygen atoms in total. The van der Waals surface area contributed by atoms with E-state index in [-0.39, 0.29) is 23.6 Å². The minimum absolute atomic E-state index is 0.0572. The van der Waals surface area contributed by atoms with E-state index in [4.69, 9.17) is 4.74 Å². The van der Waals surface area contributed by atoms with Crippen molar-refractivity contribution in [1.29, 1.82) is 0 Å². The van der Waals surface area contributed by atoms with Crippen molar-refractivity contribution in [2.45, 2.75) is 6.92 Å². The van der Waals surface area contributed by atoms with Gasteiger partial charge in [-0.05, 0) is 30.7 Å². The van der Waals surface area contributed by atoms with Gasteiger partial charge in [0, 0.05) is 0 Å². The number of nitrogens with zero attached hydrogens (tertiary/aromatic N) is 1. The van der Waals surface area contributed by atoms with Crippen LogP contribution in [-0.2, 0) is 19.1 Å². The van der Waals surface area contributed by atoms with E-state index in [9.17, 15) is 14.7 Å². The van der Waals surface area contributed by atoms with Crippen LogP contribution in [0.1, 0.15) is 12.5 Å². The molecule has 1 heterocycles. The average Bonchev–Trinajstić information content (AvgIpc) is 2.87. The normalized spacial score (nSPS) is 15.3. The van der Waals surface area contributed by atoms with Crippen LogP contribution in [0.25, 0.3) is 6.08 Å². The third kappa shape index (κ3) is 3.81. The highest BCUT2D eigenvalue weighted by molar-refractivity contribution is 6.21. The number of ether oxygens (including phenoxy) is 3. The zero-order chi connectivity index (χ0) is 17.7. The van der Waals surface area contributed by atoms with Crippen molar-refractivity contribution in [3.05, 3.63) is 46.9 Å². The lowest BCUT2D eigenvalue weighted by atomic mass is 10.1. The second kappa shape index (κ2) is 7.45. The number of aliphatic imine (C=N–C) groups is 1. The van der Waals surface area contributed by atoms with E-state index in [0.29, 0.717) is 11.5 Å². The minimum Gasteiger partial charge on any atom is -0.505 e. The van der Waals surface area contributed by atoms with Crippen molar-refractivity contribution < 1.29 is 28.9 Å². The highest BCUT2D eigenvalue weighted by Gasteiger charge is 2.27. The maximum absolute atomic E-state index is 11.6. The Kier molecular flexibility index (Phi) is 5.36. The molecule has 1 aliphatic heterocycles. The fourth-order valence-electron chi connectivity index (χ4n) is 2.06. The first-order valence-electron chi connectivity index (χ1n) is 7.05. The van der Waals surface area contributed by atoms with Gasteiger partial charge in [-0.2, -0.15) is 0 Å². The highest BCUT2D eigenvalue weighted by Crippen LogP contribution is 2.26. The topological polar surface area (TPSA) is 94.4 Å². The van der Waals surface area contributed by atoms with E-state index in [2.05, 4.69) is 14.5 Å². The fraction of sp³-hybridized carbons (Fsp3) is 0.235. The summed E-state index contributed by atoms with van der Waals surface area (Å²) in [6.07, 6.45) is 1.62. The number of hydrogen-bond donors (Lipinski definition) is 1. The maximum atomic E-state index is 11.6. The first-order chi connectivity index (χ1) is 11.5. The standard InChI is InChI=1S/C17H17NO6/c1-10-15(17(21)23-3)16(20)13(18-10)8-11-4-6-12(7-5-11)24-9-14(19)22-2/h4-8,20H,9H2,1-3H3. The number of carbonyl (C=O) groups excluding carboxylic acids is 2. The Labute approximate surface area is 138 Å². The van der Waals surface area contributed by atoms with Crippen LogP contribution in [0.4, 0.5) is 0 Å². The van der Waals surface area contributed by atoms with Gasteiger partial charge in [0.2, 0.25) is 0 Å². The Hall–Kier alpha value is -3.09. The number of aliphatic hydroxyl groups is 1. The Bertz CT molecular complexity index is 743. The second-order valence-corrected chi connectivity index (χ2v) is 4.88. The van der Waals surface area contributed by atoms with Gasteiger partial charge >= 0.3 is 11.9 Å². The molecule has 0 atom stereocenters. The Morgan fingerprint density at radius 2 is 1.83 bits per heavy atom. The van der Waals surface area contributed by atoms with Gasteiger partial charge in [-0.3, -0.25) is 0 Å². The van der Waals surface area contributed by atoms with Crippen LogP contribution in [-0.4, -0.2) is 43.6 Å². The molecule has 1 aromatic rings. The quantitative estimate of drug-likeness (QED) is 0.830. The van der Waals surface area contributed by atoms with E-state index in [1.807, 2.05) is 0 Å². The van der Waals surface area contributed by atoms with E-state index in [1.165, 1.54) is 14.2 Å². The van der Waals surface area contributed by atoms with E-state index >= 15 is 0 Å². The SMILES string of the molecule is COC(=O)COc1ccc(C=C2N=C(C)C(C(=O)OC)=C2O)cc1. The van der Waals surface area contributed by atoms with Crippen LogP contribution in [0.3, 0.4) is 0 Å². The Morgan fingerprint density at radius 3 is 2.42 bits per heavy atom. The van der Waals surface area contributed by atoms with Gasteiger partial charge in [-0.15, -0.1) is 0 Å². The number of rotatable bonds is 5. The van der Waals surface area contributed by atoms with Gasteiger partial charge in [-0.25, -0.2) is 14.6 Å². The van der Waals surface area contributed by atoms with Crippen molar-refractivity contribution >= 4 is 23.7 Å². The molecule has 1 N–H and O–H groups in total. The lowest BCUT2D eigenvalue weighted by Gasteiger charge is -2.05. The van der Waals surface area contributed by atoms with Gasteiger partial charge in [0.1, 0.15) is 17.0 Å². The summed E-state index contributed by atoms with van der Waals surface area (Å²) < 4.78 is 14.4. The van der Waals surface area contributed by atoms with E-state index in [1.54, 1.807) is 37.3 Å². The zero-order valence-electron chi connectivity index (χ0n) is 13.5. The van der Waals surface area contributed by atoms with Gasteiger partial charge < -0.3 is 19.3 Å². The van der Waals surface area contributed by atoms with Gasteiger partial charge in [0.25, 0.3) is 0 Å². The Morgan fingerprint density at radius 1 is 1.17 bits per heavy atom. The van der Waals surface area contributed by atoms with Gasteiger partial charge in [-0.1, -0.05) is 12.1 Å². The molecule has 0 radical (unpaired) electrons. The summed E-state index contributed by atoms with van der Waals surface area (Å²) in [6, 6.07) is 6.80. The first-order valence-corrected chi connectivity index (χ1v) is 7.05. The van der Waals surface area contributed by atoms with Gasteiger partial charge in [0.05, 0.1) is 19.9 Å². The van der Waals surface area contributed by atoms with Crippen molar-refractivity contribution in [3.63, 3.8) is 0 Å². The average molecular weight is 331 g/mol. The van der Waals surface area contributed by atoms with Crippen molar-refractivity contribution in [2.75, 3.05) is 20.8 Å². The summed E-state index contributed by atoms with van der Waals surface area (Å²) >= 11 is 0. The molecule has 0 bridgehead atoms. The van der Waals surface area contributed by atoms with Crippen molar-refractivity contribution in [3.8, 4) is 5.75 Å². The highest BCUT2D eigenvalue weighted by atomic mass is 16.6. The fourth-order valence-corrected chi connectivity index (χ4v) is 2.06. The predicted molar refractivity (Wildman–Crippen MR) is 86.7 cm³/mol. The molecular weight excluding hydrogens is 314 g/mol. The summed E-state index contributed by atoms with van der Waals surface area (Å²) in [7, 11) is 2.53. The largest absolute Gasteiger partial charge is 0.505 e. The molecule has 0 fully saturated rings. The summed E-state index contributed by atoms with van der Waals surface area (Å²) in [4.78, 5) is 26.8. The van der Waals surface area contributed by atoms with Crippen LogP contribution in [0.5, 0.6) is 5.75 Å². The molecule has 0 spiro atoms. The summed E-state index contributed by atoms with van der Waals surface area (Å²) in [6.45, 7) is 1.44. The monoisotopic (exact) mass is 331 g/mol. The molecular formula is C17H17NO6. The molecule has 126 valence electrons. The number of esters is 2. The van der Waals surface area contributed by atoms with E-state index < -0.39 is 11.9 Å². The summed E-state index contributed by atoms with van der Waals surface area (Å²) in [5, 5.41) is 10.1. The molecule has 0 amide bonds. The maximum Gasteiger partial charge on any atom is 0.343 e. The molecule has 0 unspecified atom stereocenters. The molecule has 0 aromatic heterocycles. The lowest BCUT2D eigenvalue weighted by molar-refractivity contribution is -0.143. The van der Waals surface area contributed by atoms with Crippen molar-refractivity contribution in [1.82, 2.24) is 0 Å². The zero-order valence-corrected chi connectivity index (χ0v) is 13.5. The second-order valence-electron chi connectivity index (χ2n) is 4.88. The number of aliphatic hydroxyl groups excluding tert-OH is 1. The van der Waals surface area contributed by atoms with Crippen LogP contribution < -0.4 is 4.74 Å². The molecule has 24 heavy (non-hydrogen) atoms. The summed E-state index contributed by atoms with van der Waals surface area (Å²) in [5.74, 6) is -0.819. The van der Waals surface area contributed by atoms with Crippen LogP contribution in [0.2, 0.25) is 0 Å². The first kappa shape index (κ1) is 17.3. The van der Waals surface area contributed by atoms with Crippen molar-refractivity contribution in [2.24, 2.45) is 4.99 Å². The molecule has 0 aliphatic carbocycles. The summed E-state index contributed by atoms with van der Waals surface area (Å²) in [5.41, 5.74) is 1.46. The molecule has 7 heteroatoms. The third-order valence-corrected chi connectivity index (χ3v) is 3.29. The Balaban J connectivity index is 2.16.